The van der Waals surface area contributed by atoms with Crippen LogP contribution in [0.3, 0.4) is 0 Å². The Morgan fingerprint density at radius 1 is 1.14 bits per heavy atom. The number of amides is 1. The molecule has 0 spiro atoms. The maximum Gasteiger partial charge on any atom is 0.331 e. The van der Waals surface area contributed by atoms with Crippen LogP contribution in [0.5, 0.6) is 0 Å². The SMILES string of the molecule is O=C(NC(C(=O)O)c1cccs1)c1cc2ccccc2s1. The molecule has 21 heavy (non-hydrogen) atoms. The minimum absolute atomic E-state index is 0.364. The third kappa shape index (κ3) is 2.81. The summed E-state index contributed by atoms with van der Waals surface area (Å²) in [7, 11) is 0. The molecule has 0 saturated carbocycles. The van der Waals surface area contributed by atoms with Crippen molar-refractivity contribution in [3.8, 4) is 0 Å². The molecule has 2 aromatic heterocycles. The van der Waals surface area contributed by atoms with E-state index >= 15 is 0 Å². The largest absolute Gasteiger partial charge is 0.479 e. The lowest BCUT2D eigenvalue weighted by molar-refractivity contribution is -0.139. The zero-order valence-corrected chi connectivity index (χ0v) is 12.4. The van der Waals surface area contributed by atoms with Crippen molar-refractivity contribution < 1.29 is 14.7 Å². The fourth-order valence-corrected chi connectivity index (χ4v) is 3.74. The topological polar surface area (TPSA) is 66.4 Å². The second-order valence-corrected chi connectivity index (χ2v) is 6.47. The molecule has 4 nitrogen and oxygen atoms in total. The van der Waals surface area contributed by atoms with Crippen molar-refractivity contribution in [2.75, 3.05) is 0 Å². The van der Waals surface area contributed by atoms with Crippen LogP contribution in [0.1, 0.15) is 20.6 Å². The molecule has 3 rings (SSSR count). The van der Waals surface area contributed by atoms with E-state index in [4.69, 9.17) is 0 Å². The molecule has 0 bridgehead atoms. The monoisotopic (exact) mass is 317 g/mol. The van der Waals surface area contributed by atoms with E-state index in [9.17, 15) is 14.7 Å². The summed E-state index contributed by atoms with van der Waals surface area (Å²) in [6, 6.07) is 11.9. The van der Waals surface area contributed by atoms with Crippen LogP contribution in [0.25, 0.3) is 10.1 Å². The van der Waals surface area contributed by atoms with Gasteiger partial charge < -0.3 is 10.4 Å². The summed E-state index contributed by atoms with van der Waals surface area (Å²) in [4.78, 5) is 24.7. The summed E-state index contributed by atoms with van der Waals surface area (Å²) >= 11 is 2.66. The predicted octanol–water partition coefficient (Wildman–Crippen LogP) is 3.52. The lowest BCUT2D eigenvalue weighted by Crippen LogP contribution is -2.32. The van der Waals surface area contributed by atoms with Crippen LogP contribution in [0.15, 0.2) is 47.8 Å². The Kier molecular flexibility index (Phi) is 3.72. The van der Waals surface area contributed by atoms with Crippen LogP contribution in [0.4, 0.5) is 0 Å². The Balaban J connectivity index is 1.86. The van der Waals surface area contributed by atoms with Crippen LogP contribution < -0.4 is 5.32 Å². The van der Waals surface area contributed by atoms with Crippen LogP contribution in [-0.4, -0.2) is 17.0 Å². The van der Waals surface area contributed by atoms with Crippen molar-refractivity contribution in [1.29, 1.82) is 0 Å². The minimum Gasteiger partial charge on any atom is -0.479 e. The first-order chi connectivity index (χ1) is 10.1. The molecule has 2 N–H and O–H groups in total. The number of rotatable bonds is 4. The quantitative estimate of drug-likeness (QED) is 0.774. The van der Waals surface area contributed by atoms with E-state index in [2.05, 4.69) is 5.32 Å². The van der Waals surface area contributed by atoms with Crippen LogP contribution in [-0.2, 0) is 4.79 Å². The number of carbonyl (C=O) groups is 2. The Labute approximate surface area is 128 Å². The molecule has 1 aromatic carbocycles. The first-order valence-electron chi connectivity index (χ1n) is 6.21. The molecule has 0 aliphatic carbocycles. The Bertz CT molecular complexity index is 759. The van der Waals surface area contributed by atoms with Gasteiger partial charge >= 0.3 is 5.97 Å². The summed E-state index contributed by atoms with van der Waals surface area (Å²) in [6.45, 7) is 0. The standard InChI is InChI=1S/C15H11NO3S2/c17-14(12-8-9-4-1-2-5-10(9)21-12)16-13(15(18)19)11-6-3-7-20-11/h1-8,13H,(H,16,17)(H,18,19). The molecule has 3 aromatic rings. The fourth-order valence-electron chi connectivity index (χ4n) is 2.01. The van der Waals surface area contributed by atoms with Gasteiger partial charge in [-0.3, -0.25) is 4.79 Å². The molecule has 0 aliphatic rings. The second kappa shape index (κ2) is 5.67. The van der Waals surface area contributed by atoms with Gasteiger partial charge in [-0.05, 0) is 29.0 Å². The van der Waals surface area contributed by atoms with E-state index in [1.54, 1.807) is 23.6 Å². The van der Waals surface area contributed by atoms with Crippen molar-refractivity contribution >= 4 is 44.6 Å². The molecule has 6 heteroatoms. The van der Waals surface area contributed by atoms with Crippen molar-refractivity contribution in [3.05, 3.63) is 57.6 Å². The van der Waals surface area contributed by atoms with Gasteiger partial charge in [0, 0.05) is 9.58 Å². The van der Waals surface area contributed by atoms with Gasteiger partial charge in [-0.15, -0.1) is 22.7 Å². The van der Waals surface area contributed by atoms with Crippen molar-refractivity contribution in [2.45, 2.75) is 6.04 Å². The molecule has 106 valence electrons. The molecule has 1 atom stereocenters. The number of hydrogen-bond acceptors (Lipinski definition) is 4. The summed E-state index contributed by atoms with van der Waals surface area (Å²) in [5.41, 5.74) is 0. The summed E-state index contributed by atoms with van der Waals surface area (Å²) in [6.07, 6.45) is 0. The van der Waals surface area contributed by atoms with Crippen LogP contribution >= 0.6 is 22.7 Å². The van der Waals surface area contributed by atoms with E-state index in [0.29, 0.717) is 9.75 Å². The first kappa shape index (κ1) is 13.8. The third-order valence-corrected chi connectivity index (χ3v) is 5.05. The van der Waals surface area contributed by atoms with E-state index in [0.717, 1.165) is 10.1 Å². The highest BCUT2D eigenvalue weighted by Crippen LogP contribution is 2.26. The van der Waals surface area contributed by atoms with Gasteiger partial charge in [0.15, 0.2) is 6.04 Å². The number of nitrogens with one attached hydrogen (secondary N) is 1. The minimum atomic E-state index is -1.06. The van der Waals surface area contributed by atoms with Gasteiger partial charge in [0.05, 0.1) is 4.88 Å². The number of fused-ring (bicyclic) bond motifs is 1. The molecular weight excluding hydrogens is 306 g/mol. The predicted molar refractivity (Wildman–Crippen MR) is 84.0 cm³/mol. The molecule has 1 amide bonds. The molecule has 0 fully saturated rings. The number of aliphatic carboxylic acids is 1. The molecule has 0 saturated heterocycles. The van der Waals surface area contributed by atoms with E-state index in [-0.39, 0.29) is 5.91 Å². The first-order valence-corrected chi connectivity index (χ1v) is 7.90. The highest BCUT2D eigenvalue weighted by atomic mass is 32.1. The normalized spacial score (nSPS) is 12.2. The van der Waals surface area contributed by atoms with Crippen molar-refractivity contribution in [2.24, 2.45) is 0 Å². The van der Waals surface area contributed by atoms with Crippen molar-refractivity contribution in [3.63, 3.8) is 0 Å². The average molecular weight is 317 g/mol. The zero-order chi connectivity index (χ0) is 14.8. The lowest BCUT2D eigenvalue weighted by atomic mass is 10.2. The maximum absolute atomic E-state index is 12.3. The molecular formula is C15H11NO3S2. The molecule has 0 radical (unpaired) electrons. The highest BCUT2D eigenvalue weighted by molar-refractivity contribution is 7.20. The smallest absolute Gasteiger partial charge is 0.331 e. The summed E-state index contributed by atoms with van der Waals surface area (Å²) < 4.78 is 1.01. The number of hydrogen-bond donors (Lipinski definition) is 2. The molecule has 2 heterocycles. The second-order valence-electron chi connectivity index (χ2n) is 4.41. The number of carboxylic acid groups (broad SMARTS) is 1. The highest BCUT2D eigenvalue weighted by Gasteiger charge is 2.24. The van der Waals surface area contributed by atoms with Gasteiger partial charge in [0.1, 0.15) is 0 Å². The van der Waals surface area contributed by atoms with Gasteiger partial charge in [-0.25, -0.2) is 4.79 Å². The maximum atomic E-state index is 12.3. The number of benzene rings is 1. The average Bonchev–Trinajstić information content (AvgIpc) is 3.12. The van der Waals surface area contributed by atoms with E-state index < -0.39 is 12.0 Å². The zero-order valence-electron chi connectivity index (χ0n) is 10.8. The number of thiophene rings is 2. The summed E-state index contributed by atoms with van der Waals surface area (Å²) in [5, 5.41) is 14.6. The molecule has 1 unspecified atom stereocenters. The fraction of sp³-hybridized carbons (Fsp3) is 0.0667. The van der Waals surface area contributed by atoms with Crippen molar-refractivity contribution in [1.82, 2.24) is 5.32 Å². The number of carboxylic acids is 1. The molecule has 0 aliphatic heterocycles. The number of carbonyl (C=O) groups excluding carboxylic acids is 1. The van der Waals surface area contributed by atoms with Crippen LogP contribution in [0, 0.1) is 0 Å². The van der Waals surface area contributed by atoms with E-state index in [1.807, 2.05) is 24.3 Å². The Hall–Kier alpha value is -2.18. The summed E-state index contributed by atoms with van der Waals surface area (Å²) in [5.74, 6) is -1.43. The van der Waals surface area contributed by atoms with Gasteiger partial charge in [-0.2, -0.15) is 0 Å². The van der Waals surface area contributed by atoms with Crippen LogP contribution in [0.2, 0.25) is 0 Å². The third-order valence-electron chi connectivity index (χ3n) is 3.00. The Morgan fingerprint density at radius 2 is 1.95 bits per heavy atom. The van der Waals surface area contributed by atoms with Gasteiger partial charge in [0.2, 0.25) is 0 Å². The lowest BCUT2D eigenvalue weighted by Gasteiger charge is -2.11. The van der Waals surface area contributed by atoms with Gasteiger partial charge in [0.25, 0.3) is 5.91 Å². The Morgan fingerprint density at radius 3 is 2.62 bits per heavy atom. The van der Waals surface area contributed by atoms with E-state index in [1.165, 1.54) is 22.7 Å². The van der Waals surface area contributed by atoms with Gasteiger partial charge in [-0.1, -0.05) is 24.3 Å².